The summed E-state index contributed by atoms with van der Waals surface area (Å²) in [6.45, 7) is 10.4. The molecule has 0 fully saturated rings. The van der Waals surface area contributed by atoms with Crippen LogP contribution in [0.1, 0.15) is 57.3 Å². The van der Waals surface area contributed by atoms with Gasteiger partial charge in [-0.2, -0.15) is 0 Å². The average Bonchev–Trinajstić information content (AvgIpc) is 3.88. The Morgan fingerprint density at radius 1 is 0.831 bits per heavy atom. The lowest BCUT2D eigenvalue weighted by molar-refractivity contribution is -0.138. The minimum Gasteiger partial charge on any atom is -0.481 e. The molecule has 18 nitrogen and oxygen atoms in total. The van der Waals surface area contributed by atoms with Crippen LogP contribution in [-0.2, 0) is 54.3 Å². The molecule has 1 aliphatic rings. The molecule has 0 spiro atoms. The van der Waals surface area contributed by atoms with Gasteiger partial charge in [-0.1, -0.05) is 51.1 Å². The number of nitrogens with zero attached hydrogens (tertiary/aromatic N) is 3. The van der Waals surface area contributed by atoms with Crippen LogP contribution in [-0.4, -0.2) is 165 Å². The molecule has 2 atom stereocenters. The summed E-state index contributed by atoms with van der Waals surface area (Å²) in [6.07, 6.45) is 4.33. The number of hydrogen-bond donors (Lipinski definition) is 5. The number of benzene rings is 2. The largest absolute Gasteiger partial charge is 0.481 e. The predicted molar refractivity (Wildman–Crippen MR) is 264 cm³/mol. The molecule has 0 saturated heterocycles. The molecule has 0 radical (unpaired) electrons. The van der Waals surface area contributed by atoms with Crippen molar-refractivity contribution in [1.29, 1.82) is 0 Å². The van der Waals surface area contributed by atoms with E-state index in [2.05, 4.69) is 16.0 Å². The van der Waals surface area contributed by atoms with Crippen LogP contribution in [0.25, 0.3) is 11.1 Å². The van der Waals surface area contributed by atoms with Crippen molar-refractivity contribution in [2.75, 3.05) is 104 Å². The van der Waals surface area contributed by atoms with E-state index in [0.717, 1.165) is 35.5 Å². The van der Waals surface area contributed by atoms with Crippen LogP contribution < -0.4 is 21.7 Å². The van der Waals surface area contributed by atoms with Crippen molar-refractivity contribution in [3.8, 4) is 11.1 Å². The number of rotatable bonds is 35. The Morgan fingerprint density at radius 3 is 2.11 bits per heavy atom. The molecule has 2 heterocycles. The van der Waals surface area contributed by atoms with Gasteiger partial charge in [-0.25, -0.2) is 8.78 Å². The molecule has 0 saturated carbocycles. The second-order valence-corrected chi connectivity index (χ2v) is 18.6. The van der Waals surface area contributed by atoms with Gasteiger partial charge in [0, 0.05) is 86.6 Å². The lowest BCUT2D eigenvalue weighted by atomic mass is 9.83. The average molecular weight is 1010 g/mol. The number of carboxylic acid groups (broad SMARTS) is 1. The van der Waals surface area contributed by atoms with E-state index in [9.17, 15) is 33.2 Å². The monoisotopic (exact) mass is 1010 g/mol. The Hall–Kier alpha value is -5.55. The molecular formula is C50H69F2N7O11S. The molecule has 71 heavy (non-hydrogen) atoms. The maximum Gasteiger partial charge on any atom is 0.305 e. The van der Waals surface area contributed by atoms with Crippen LogP contribution in [0.15, 0.2) is 72.9 Å². The molecule has 1 aliphatic heterocycles. The molecule has 3 aromatic rings. The van der Waals surface area contributed by atoms with Gasteiger partial charge in [-0.05, 0) is 48.2 Å². The second kappa shape index (κ2) is 31.0. The Labute approximate surface area is 418 Å². The van der Waals surface area contributed by atoms with E-state index in [1.54, 1.807) is 17.2 Å². The molecule has 2 aromatic carbocycles. The smallest absolute Gasteiger partial charge is 0.305 e. The minimum atomic E-state index is -1.11. The van der Waals surface area contributed by atoms with Gasteiger partial charge >= 0.3 is 5.97 Å². The number of carbonyl (C=O) groups excluding carboxylic acids is 5. The van der Waals surface area contributed by atoms with Gasteiger partial charge in [0.2, 0.25) is 17.7 Å². The van der Waals surface area contributed by atoms with E-state index < -0.39 is 46.9 Å². The molecular weight excluding hydrogens is 945 g/mol. The van der Waals surface area contributed by atoms with Crippen molar-refractivity contribution < 1.29 is 61.6 Å². The van der Waals surface area contributed by atoms with Gasteiger partial charge in [-0.3, -0.25) is 33.7 Å². The van der Waals surface area contributed by atoms with E-state index >= 15 is 4.39 Å². The number of hydrogen-bond acceptors (Lipinski definition) is 13. The third kappa shape index (κ3) is 20.6. The quantitative estimate of drug-likeness (QED) is 0.0420. The number of aromatic nitrogens is 1. The van der Waals surface area contributed by atoms with Crippen LogP contribution >= 0.6 is 11.8 Å². The van der Waals surface area contributed by atoms with Gasteiger partial charge in [0.15, 0.2) is 0 Å². The van der Waals surface area contributed by atoms with Crippen molar-refractivity contribution >= 4 is 47.3 Å². The highest BCUT2D eigenvalue weighted by Gasteiger charge is 2.37. The fourth-order valence-electron chi connectivity index (χ4n) is 7.52. The lowest BCUT2D eigenvalue weighted by Crippen LogP contribution is -2.49. The molecule has 0 unspecified atom stereocenters. The summed E-state index contributed by atoms with van der Waals surface area (Å²) in [5.74, 6) is -4.38. The zero-order chi connectivity index (χ0) is 51.6. The van der Waals surface area contributed by atoms with Crippen molar-refractivity contribution in [1.82, 2.24) is 30.3 Å². The van der Waals surface area contributed by atoms with Crippen molar-refractivity contribution in [2.24, 2.45) is 11.1 Å². The van der Waals surface area contributed by atoms with E-state index in [1.807, 2.05) is 55.7 Å². The molecule has 6 N–H and O–H groups in total. The highest BCUT2D eigenvalue weighted by Crippen LogP contribution is 2.41. The van der Waals surface area contributed by atoms with Gasteiger partial charge in [0.05, 0.1) is 71.1 Å². The fraction of sp³-hybridized carbons (Fsp3) is 0.520. The number of aliphatic carboxylic acids is 1. The molecule has 0 aliphatic carbocycles. The first-order valence-corrected chi connectivity index (χ1v) is 24.8. The number of thioether (sulfide) groups is 1. The summed E-state index contributed by atoms with van der Waals surface area (Å²) >= 11 is 1.13. The third-order valence-electron chi connectivity index (χ3n) is 10.9. The Morgan fingerprint density at radius 2 is 1.48 bits per heavy atom. The summed E-state index contributed by atoms with van der Waals surface area (Å²) < 4.78 is 53.7. The van der Waals surface area contributed by atoms with Crippen LogP contribution in [0.5, 0.6) is 0 Å². The number of amides is 5. The summed E-state index contributed by atoms with van der Waals surface area (Å²) in [7, 11) is 0. The standard InChI is InChI=1S/C50H69F2N7O11S/c1-50(2,3)48(42-30-37(39-31-38(51)10-11-40(39)52)33-57(42)32-36-8-5-4-6-9-36)59(20-7-16-53)46(63)35-71-34-41(49(66)55-17-14-47(64)65)56-43(60)15-22-67-24-26-69-28-29-70-27-25-68-23-19-54-18-21-58-44(61)12-13-45(58)62/h4-6,8-13,30-31,33,41,48,54H,7,14-29,32,34-35,53H2,1-3H3,(H,55,66)(H,56,60)(H,64,65)/t41-,48-/m0/s1. The molecule has 390 valence electrons. The van der Waals surface area contributed by atoms with Gasteiger partial charge < -0.3 is 55.2 Å². The number of carbonyl (C=O) groups is 6. The SMILES string of the molecule is CC(C)(C)[C@H](c1cc(-c2cc(F)ccc2F)cn1Cc1ccccc1)N(CCCN)C(=O)CSC[C@H](NC(=O)CCOCCOCCOCCOCCNCCN1C(=O)C=CC1=O)C(=O)NCCC(=O)O. The first kappa shape index (κ1) is 58.0. The van der Waals surface area contributed by atoms with E-state index in [1.165, 1.54) is 17.1 Å². The minimum absolute atomic E-state index is 0.0138. The molecule has 1 aromatic heterocycles. The molecule has 5 amide bonds. The maximum absolute atomic E-state index is 15.2. The van der Waals surface area contributed by atoms with Crippen molar-refractivity contribution in [2.45, 2.75) is 58.7 Å². The fourth-order valence-corrected chi connectivity index (χ4v) is 8.45. The van der Waals surface area contributed by atoms with Crippen LogP contribution in [0.4, 0.5) is 8.78 Å². The first-order valence-electron chi connectivity index (χ1n) is 23.7. The molecule has 21 heteroatoms. The number of nitrogens with two attached hydrogens (primary N) is 1. The zero-order valence-electron chi connectivity index (χ0n) is 40.8. The van der Waals surface area contributed by atoms with E-state index in [-0.39, 0.29) is 80.5 Å². The van der Waals surface area contributed by atoms with Crippen LogP contribution in [0, 0.1) is 17.0 Å². The second-order valence-electron chi connectivity index (χ2n) is 17.6. The number of carboxylic acids is 1. The Balaban J connectivity index is 1.26. The van der Waals surface area contributed by atoms with Crippen LogP contribution in [0.2, 0.25) is 0 Å². The Kier molecular flexibility index (Phi) is 25.4. The Bertz CT molecular complexity index is 2190. The molecule has 4 rings (SSSR count). The molecule has 0 bridgehead atoms. The normalized spacial score (nSPS) is 13.4. The first-order chi connectivity index (χ1) is 34.1. The van der Waals surface area contributed by atoms with Crippen molar-refractivity contribution in [3.05, 3.63) is 95.8 Å². The highest BCUT2D eigenvalue weighted by molar-refractivity contribution is 8.00. The summed E-state index contributed by atoms with van der Waals surface area (Å²) in [4.78, 5) is 77.9. The van der Waals surface area contributed by atoms with E-state index in [4.69, 9.17) is 29.8 Å². The van der Waals surface area contributed by atoms with E-state index in [0.29, 0.717) is 83.4 Å². The number of ether oxygens (including phenoxy) is 4. The summed E-state index contributed by atoms with van der Waals surface area (Å²) in [5.41, 5.74) is 7.59. The predicted octanol–water partition coefficient (Wildman–Crippen LogP) is 3.53. The summed E-state index contributed by atoms with van der Waals surface area (Å²) in [6, 6.07) is 13.0. The zero-order valence-corrected chi connectivity index (χ0v) is 41.7. The number of imide groups is 1. The number of nitrogens with one attached hydrogen (secondary N) is 3. The highest BCUT2D eigenvalue weighted by atomic mass is 32.2. The van der Waals surface area contributed by atoms with Gasteiger partial charge in [0.25, 0.3) is 11.8 Å². The lowest BCUT2D eigenvalue weighted by Gasteiger charge is -2.41. The third-order valence-corrected chi connectivity index (χ3v) is 11.9. The topological polar surface area (TPSA) is 233 Å². The summed E-state index contributed by atoms with van der Waals surface area (Å²) in [5, 5.41) is 17.5. The number of halogens is 2. The maximum atomic E-state index is 15.2. The van der Waals surface area contributed by atoms with Crippen molar-refractivity contribution in [3.63, 3.8) is 0 Å². The van der Waals surface area contributed by atoms with Gasteiger partial charge in [0.1, 0.15) is 17.7 Å². The van der Waals surface area contributed by atoms with Gasteiger partial charge in [-0.15, -0.1) is 11.8 Å². The van der Waals surface area contributed by atoms with Crippen LogP contribution in [0.3, 0.4) is 0 Å².